The maximum Gasteiger partial charge on any atom is 0.233 e. The van der Waals surface area contributed by atoms with Gasteiger partial charge in [0, 0.05) is 6.04 Å². The van der Waals surface area contributed by atoms with Gasteiger partial charge in [-0.3, -0.25) is 4.79 Å². The summed E-state index contributed by atoms with van der Waals surface area (Å²) in [7, 11) is 4.07. The minimum absolute atomic E-state index is 0.0333. The summed E-state index contributed by atoms with van der Waals surface area (Å²) in [5.74, 6) is 0.0333. The highest BCUT2D eigenvalue weighted by Gasteiger charge is 2.42. The van der Waals surface area contributed by atoms with Crippen molar-refractivity contribution in [3.8, 4) is 0 Å². The van der Waals surface area contributed by atoms with Gasteiger partial charge in [-0.1, -0.05) is 31.5 Å². The molecule has 0 aromatic carbocycles. The molecule has 1 rings (SSSR count). The molecule has 0 heterocycles. The zero-order valence-electron chi connectivity index (χ0n) is 12.4. The van der Waals surface area contributed by atoms with Crippen molar-refractivity contribution in [3.05, 3.63) is 0 Å². The molecule has 1 fully saturated rings. The van der Waals surface area contributed by atoms with Crippen LogP contribution in [0.4, 0.5) is 0 Å². The van der Waals surface area contributed by atoms with Crippen LogP contribution in [0.25, 0.3) is 0 Å². The van der Waals surface area contributed by atoms with Crippen molar-refractivity contribution in [3.63, 3.8) is 0 Å². The fourth-order valence-corrected chi connectivity index (χ4v) is 2.92. The van der Waals surface area contributed by atoms with Gasteiger partial charge in [0.1, 0.15) is 0 Å². The Bertz CT molecular complexity index is 325. The molecule has 1 aliphatic rings. The van der Waals surface area contributed by atoms with Gasteiger partial charge >= 0.3 is 0 Å². The molecule has 1 aliphatic carbocycles. The van der Waals surface area contributed by atoms with Crippen molar-refractivity contribution >= 4 is 23.1 Å². The maximum atomic E-state index is 12.5. The van der Waals surface area contributed by atoms with E-state index in [1.54, 1.807) is 0 Å². The summed E-state index contributed by atoms with van der Waals surface area (Å²) in [4.78, 5) is 15.0. The monoisotopic (exact) mass is 285 g/mol. The second-order valence-corrected chi connectivity index (χ2v) is 6.41. The molecule has 0 spiro atoms. The first-order valence-electron chi connectivity index (χ1n) is 7.14. The van der Waals surface area contributed by atoms with Crippen LogP contribution in [0.15, 0.2) is 0 Å². The lowest BCUT2D eigenvalue weighted by Crippen LogP contribution is -2.52. The Morgan fingerprint density at radius 1 is 1.37 bits per heavy atom. The number of amides is 1. The van der Waals surface area contributed by atoms with E-state index in [0.717, 1.165) is 38.6 Å². The van der Waals surface area contributed by atoms with Gasteiger partial charge in [-0.2, -0.15) is 0 Å². The molecule has 1 unspecified atom stereocenters. The summed E-state index contributed by atoms with van der Waals surface area (Å²) in [6, 6.07) is 0.156. The Hall–Kier alpha value is -0.680. The van der Waals surface area contributed by atoms with Crippen LogP contribution in [0, 0.1) is 5.41 Å². The minimum Gasteiger partial charge on any atom is -0.392 e. The van der Waals surface area contributed by atoms with Gasteiger partial charge in [0.05, 0.1) is 10.4 Å². The van der Waals surface area contributed by atoms with Crippen LogP contribution in [0.3, 0.4) is 0 Å². The summed E-state index contributed by atoms with van der Waals surface area (Å²) < 4.78 is 0. The van der Waals surface area contributed by atoms with Crippen molar-refractivity contribution < 1.29 is 4.79 Å². The molecular weight excluding hydrogens is 258 g/mol. The lowest BCUT2D eigenvalue weighted by atomic mass is 9.73. The number of nitrogens with one attached hydrogen (secondary N) is 1. The van der Waals surface area contributed by atoms with Gasteiger partial charge in [-0.15, -0.1) is 0 Å². The normalized spacial score (nSPS) is 20.0. The van der Waals surface area contributed by atoms with Crippen molar-refractivity contribution in [1.82, 2.24) is 10.2 Å². The molecule has 0 radical (unpaired) electrons. The molecule has 1 amide bonds. The van der Waals surface area contributed by atoms with Crippen LogP contribution in [-0.2, 0) is 4.79 Å². The zero-order valence-corrected chi connectivity index (χ0v) is 13.2. The standard InChI is InChI=1S/C14H27N3OS/c1-11(7-10-17(2)3)16-13(18)14(12(15)19)8-5-4-6-9-14/h11H,4-10H2,1-3H3,(H2,15,19)(H,16,18). The first-order chi connectivity index (χ1) is 8.88. The number of thiocarbonyl (C=S) groups is 1. The predicted molar refractivity (Wildman–Crippen MR) is 83.1 cm³/mol. The highest BCUT2D eigenvalue weighted by Crippen LogP contribution is 2.37. The van der Waals surface area contributed by atoms with Gasteiger partial charge in [0.2, 0.25) is 5.91 Å². The largest absolute Gasteiger partial charge is 0.392 e. The molecule has 4 nitrogen and oxygen atoms in total. The fourth-order valence-electron chi connectivity index (χ4n) is 2.63. The van der Waals surface area contributed by atoms with E-state index in [9.17, 15) is 4.79 Å². The molecule has 0 saturated heterocycles. The van der Waals surface area contributed by atoms with E-state index in [4.69, 9.17) is 18.0 Å². The molecule has 1 atom stereocenters. The van der Waals surface area contributed by atoms with Crippen molar-refractivity contribution in [2.75, 3.05) is 20.6 Å². The second-order valence-electron chi connectivity index (χ2n) is 5.97. The Balaban J connectivity index is 2.60. The molecule has 5 heteroatoms. The number of carbonyl (C=O) groups is 1. The smallest absolute Gasteiger partial charge is 0.233 e. The molecule has 0 aliphatic heterocycles. The molecule has 0 bridgehead atoms. The van der Waals surface area contributed by atoms with Crippen molar-refractivity contribution in [2.24, 2.45) is 11.1 Å². The van der Waals surface area contributed by atoms with E-state index >= 15 is 0 Å². The van der Waals surface area contributed by atoms with Crippen LogP contribution < -0.4 is 11.1 Å². The summed E-state index contributed by atoms with van der Waals surface area (Å²) in [6.45, 7) is 3.00. The summed E-state index contributed by atoms with van der Waals surface area (Å²) in [6.07, 6.45) is 5.79. The maximum absolute atomic E-state index is 12.5. The number of rotatable bonds is 6. The molecule has 3 N–H and O–H groups in total. The van der Waals surface area contributed by atoms with E-state index in [0.29, 0.717) is 4.99 Å². The van der Waals surface area contributed by atoms with E-state index in [1.165, 1.54) is 6.42 Å². The third-order valence-corrected chi connectivity index (χ3v) is 4.39. The average Bonchev–Trinajstić information content (AvgIpc) is 2.36. The van der Waals surface area contributed by atoms with Gasteiger partial charge < -0.3 is 16.0 Å². The third-order valence-electron chi connectivity index (χ3n) is 4.00. The van der Waals surface area contributed by atoms with Gasteiger partial charge in [-0.25, -0.2) is 0 Å². The highest BCUT2D eigenvalue weighted by molar-refractivity contribution is 7.80. The first kappa shape index (κ1) is 16.4. The lowest BCUT2D eigenvalue weighted by molar-refractivity contribution is -0.129. The van der Waals surface area contributed by atoms with Gasteiger partial charge in [0.15, 0.2) is 0 Å². The van der Waals surface area contributed by atoms with E-state index in [1.807, 2.05) is 21.0 Å². The molecule has 19 heavy (non-hydrogen) atoms. The molecule has 1 saturated carbocycles. The topological polar surface area (TPSA) is 58.4 Å². The first-order valence-corrected chi connectivity index (χ1v) is 7.55. The lowest BCUT2D eigenvalue weighted by Gasteiger charge is -2.35. The summed E-state index contributed by atoms with van der Waals surface area (Å²) in [5.41, 5.74) is 5.27. The molecule has 0 aromatic rings. The van der Waals surface area contributed by atoms with Crippen LogP contribution >= 0.6 is 12.2 Å². The molecular formula is C14H27N3OS. The zero-order chi connectivity index (χ0) is 14.5. The van der Waals surface area contributed by atoms with Crippen LogP contribution in [-0.4, -0.2) is 42.5 Å². The van der Waals surface area contributed by atoms with Gasteiger partial charge in [0.25, 0.3) is 0 Å². The SMILES string of the molecule is CC(CCN(C)C)NC(=O)C1(C(N)=S)CCCCC1. The van der Waals surface area contributed by atoms with Crippen LogP contribution in [0.1, 0.15) is 45.4 Å². The van der Waals surface area contributed by atoms with Gasteiger partial charge in [-0.05, 0) is 46.8 Å². The average molecular weight is 285 g/mol. The van der Waals surface area contributed by atoms with Crippen molar-refractivity contribution in [1.29, 1.82) is 0 Å². The number of hydrogen-bond acceptors (Lipinski definition) is 3. The number of carbonyl (C=O) groups excluding carboxylic acids is 1. The summed E-state index contributed by atoms with van der Waals surface area (Å²) in [5, 5.41) is 3.09. The highest BCUT2D eigenvalue weighted by atomic mass is 32.1. The Morgan fingerprint density at radius 3 is 2.42 bits per heavy atom. The molecule has 0 aromatic heterocycles. The quantitative estimate of drug-likeness (QED) is 0.729. The Morgan fingerprint density at radius 2 is 1.95 bits per heavy atom. The predicted octanol–water partition coefficient (Wildman–Crippen LogP) is 1.68. The third kappa shape index (κ3) is 4.42. The van der Waals surface area contributed by atoms with E-state index in [-0.39, 0.29) is 11.9 Å². The number of nitrogens with zero attached hydrogens (tertiary/aromatic N) is 1. The summed E-state index contributed by atoms with van der Waals surface area (Å²) >= 11 is 5.17. The van der Waals surface area contributed by atoms with E-state index in [2.05, 4.69) is 10.2 Å². The second kappa shape index (κ2) is 7.20. The number of nitrogens with two attached hydrogens (primary N) is 1. The Labute approximate surface area is 122 Å². The molecule has 110 valence electrons. The van der Waals surface area contributed by atoms with E-state index < -0.39 is 5.41 Å². The minimum atomic E-state index is -0.597. The van der Waals surface area contributed by atoms with Crippen LogP contribution in [0.5, 0.6) is 0 Å². The van der Waals surface area contributed by atoms with Crippen molar-refractivity contribution in [2.45, 2.75) is 51.5 Å². The number of hydrogen-bond donors (Lipinski definition) is 2. The Kier molecular flexibility index (Phi) is 6.20. The fraction of sp³-hybridized carbons (Fsp3) is 0.857. The van der Waals surface area contributed by atoms with Crippen LogP contribution in [0.2, 0.25) is 0 Å².